The molecule has 1 aromatic rings. The molecule has 2 fully saturated rings. The van der Waals surface area contributed by atoms with Crippen LogP contribution in [-0.4, -0.2) is 44.5 Å². The van der Waals surface area contributed by atoms with Gasteiger partial charge in [-0.25, -0.2) is 4.79 Å². The van der Waals surface area contributed by atoms with Crippen LogP contribution in [0.25, 0.3) is 0 Å². The lowest BCUT2D eigenvalue weighted by molar-refractivity contribution is -0.142. The SMILES string of the molecule is Cc1cn(CC(=O)N2C[C@H](C(=O)O)[C@@H](C3CC3)C2)c(=O)[nH]c1=O. The van der Waals surface area contributed by atoms with E-state index < -0.39 is 23.1 Å². The number of likely N-dealkylation sites (tertiary alicyclic amines) is 1. The Morgan fingerprint density at radius 2 is 2.00 bits per heavy atom. The van der Waals surface area contributed by atoms with Gasteiger partial charge in [0.2, 0.25) is 5.91 Å². The van der Waals surface area contributed by atoms with Crippen LogP contribution in [0.15, 0.2) is 15.8 Å². The van der Waals surface area contributed by atoms with E-state index in [1.807, 2.05) is 0 Å². The molecule has 124 valence electrons. The number of carbonyl (C=O) groups excluding carboxylic acids is 1. The lowest BCUT2D eigenvalue weighted by atomic mass is 9.92. The van der Waals surface area contributed by atoms with E-state index in [0.29, 0.717) is 18.0 Å². The highest BCUT2D eigenvalue weighted by Gasteiger charge is 2.46. The molecular formula is C15H19N3O5. The first kappa shape index (κ1) is 15.5. The van der Waals surface area contributed by atoms with Crippen LogP contribution in [0.3, 0.4) is 0 Å². The number of carboxylic acid groups (broad SMARTS) is 1. The maximum atomic E-state index is 12.4. The van der Waals surface area contributed by atoms with E-state index >= 15 is 0 Å². The zero-order valence-corrected chi connectivity index (χ0v) is 12.8. The number of carboxylic acids is 1. The molecule has 1 aliphatic carbocycles. The van der Waals surface area contributed by atoms with E-state index in [2.05, 4.69) is 4.98 Å². The molecule has 0 bridgehead atoms. The molecule has 8 heteroatoms. The Morgan fingerprint density at radius 3 is 2.61 bits per heavy atom. The fourth-order valence-electron chi connectivity index (χ4n) is 3.28. The highest BCUT2D eigenvalue weighted by molar-refractivity contribution is 5.79. The predicted molar refractivity (Wildman–Crippen MR) is 80.0 cm³/mol. The minimum atomic E-state index is -0.866. The second-order valence-corrected chi connectivity index (χ2v) is 6.44. The van der Waals surface area contributed by atoms with Crippen molar-refractivity contribution in [3.05, 3.63) is 32.6 Å². The van der Waals surface area contributed by atoms with Crippen molar-refractivity contribution >= 4 is 11.9 Å². The van der Waals surface area contributed by atoms with Gasteiger partial charge in [0.1, 0.15) is 6.54 Å². The number of carbonyl (C=O) groups is 2. The van der Waals surface area contributed by atoms with Gasteiger partial charge >= 0.3 is 11.7 Å². The molecule has 23 heavy (non-hydrogen) atoms. The molecule has 3 rings (SSSR count). The highest BCUT2D eigenvalue weighted by Crippen LogP contribution is 2.44. The van der Waals surface area contributed by atoms with Crippen LogP contribution < -0.4 is 11.2 Å². The summed E-state index contributed by atoms with van der Waals surface area (Å²) in [5.74, 6) is -1.29. The molecule has 1 amide bonds. The molecule has 2 atom stereocenters. The molecule has 1 aliphatic heterocycles. The standard InChI is InChI=1S/C15H19N3O5/c1-8-4-18(15(23)16-13(8)20)7-12(19)17-5-10(9-2-3-9)11(6-17)14(21)22/h4,9-11H,2-3,5-7H2,1H3,(H,21,22)(H,16,20,23)/t10-,11+/m1/s1. The van der Waals surface area contributed by atoms with E-state index in [-0.39, 0.29) is 24.9 Å². The molecule has 0 radical (unpaired) electrons. The van der Waals surface area contributed by atoms with Gasteiger partial charge in [0.05, 0.1) is 5.92 Å². The average molecular weight is 321 g/mol. The molecule has 0 unspecified atom stereocenters. The second kappa shape index (κ2) is 5.68. The van der Waals surface area contributed by atoms with Crippen molar-refractivity contribution in [3.8, 4) is 0 Å². The molecule has 1 saturated carbocycles. The maximum absolute atomic E-state index is 12.4. The molecule has 0 aromatic carbocycles. The number of aromatic nitrogens is 2. The third kappa shape index (κ3) is 3.06. The zero-order chi connectivity index (χ0) is 16.7. The summed E-state index contributed by atoms with van der Waals surface area (Å²) in [6, 6.07) is 0. The lowest BCUT2D eigenvalue weighted by Gasteiger charge is -2.17. The van der Waals surface area contributed by atoms with Crippen LogP contribution in [0, 0.1) is 24.7 Å². The topological polar surface area (TPSA) is 112 Å². The monoisotopic (exact) mass is 321 g/mol. The first-order chi connectivity index (χ1) is 10.9. The fourth-order valence-corrected chi connectivity index (χ4v) is 3.28. The molecule has 1 saturated heterocycles. The number of nitrogens with one attached hydrogen (secondary N) is 1. The Balaban J connectivity index is 1.74. The van der Waals surface area contributed by atoms with Crippen molar-refractivity contribution < 1.29 is 14.7 Å². The number of hydrogen-bond donors (Lipinski definition) is 2. The smallest absolute Gasteiger partial charge is 0.328 e. The van der Waals surface area contributed by atoms with Gasteiger partial charge in [-0.3, -0.25) is 23.9 Å². The molecule has 0 spiro atoms. The van der Waals surface area contributed by atoms with E-state index in [9.17, 15) is 24.3 Å². The van der Waals surface area contributed by atoms with Gasteiger partial charge in [-0.2, -0.15) is 0 Å². The first-order valence-electron chi connectivity index (χ1n) is 7.67. The summed E-state index contributed by atoms with van der Waals surface area (Å²) in [6.07, 6.45) is 3.40. The Morgan fingerprint density at radius 1 is 1.30 bits per heavy atom. The third-order valence-corrected chi connectivity index (χ3v) is 4.76. The molecule has 2 heterocycles. The predicted octanol–water partition coefficient (Wildman–Crippen LogP) is -0.586. The number of amides is 1. The van der Waals surface area contributed by atoms with Gasteiger partial charge in [-0.15, -0.1) is 0 Å². The number of nitrogens with zero attached hydrogens (tertiary/aromatic N) is 2. The van der Waals surface area contributed by atoms with E-state index in [1.165, 1.54) is 11.1 Å². The summed E-state index contributed by atoms with van der Waals surface area (Å²) in [5, 5.41) is 9.33. The summed E-state index contributed by atoms with van der Waals surface area (Å²) < 4.78 is 1.15. The summed E-state index contributed by atoms with van der Waals surface area (Å²) in [7, 11) is 0. The van der Waals surface area contributed by atoms with Crippen molar-refractivity contribution in [2.75, 3.05) is 13.1 Å². The van der Waals surface area contributed by atoms with Crippen LogP contribution in [0.2, 0.25) is 0 Å². The molecular weight excluding hydrogens is 302 g/mol. The number of aryl methyl sites for hydroxylation is 1. The van der Waals surface area contributed by atoms with Crippen molar-refractivity contribution in [1.82, 2.24) is 14.5 Å². The quantitative estimate of drug-likeness (QED) is 0.770. The number of H-pyrrole nitrogens is 1. The maximum Gasteiger partial charge on any atom is 0.328 e. The fraction of sp³-hybridized carbons (Fsp3) is 0.600. The Bertz CT molecular complexity index is 761. The van der Waals surface area contributed by atoms with Crippen LogP contribution in [0.1, 0.15) is 18.4 Å². The van der Waals surface area contributed by atoms with Gasteiger partial charge in [-0.1, -0.05) is 0 Å². The Kier molecular flexibility index (Phi) is 3.83. The molecule has 1 aromatic heterocycles. The van der Waals surface area contributed by atoms with Gasteiger partial charge in [0, 0.05) is 24.8 Å². The summed E-state index contributed by atoms with van der Waals surface area (Å²) in [5.41, 5.74) is -0.764. The van der Waals surface area contributed by atoms with Crippen LogP contribution in [-0.2, 0) is 16.1 Å². The Hall–Kier alpha value is -2.38. The lowest BCUT2D eigenvalue weighted by Crippen LogP contribution is -2.38. The number of hydrogen-bond acceptors (Lipinski definition) is 4. The van der Waals surface area contributed by atoms with E-state index in [0.717, 1.165) is 17.4 Å². The summed E-state index contributed by atoms with van der Waals surface area (Å²) >= 11 is 0. The van der Waals surface area contributed by atoms with Crippen LogP contribution >= 0.6 is 0 Å². The molecule has 8 nitrogen and oxygen atoms in total. The number of rotatable bonds is 4. The van der Waals surface area contributed by atoms with Gasteiger partial charge in [-0.05, 0) is 31.6 Å². The van der Waals surface area contributed by atoms with Crippen molar-refractivity contribution in [1.29, 1.82) is 0 Å². The largest absolute Gasteiger partial charge is 0.481 e. The van der Waals surface area contributed by atoms with Crippen molar-refractivity contribution in [2.24, 2.45) is 17.8 Å². The highest BCUT2D eigenvalue weighted by atomic mass is 16.4. The third-order valence-electron chi connectivity index (χ3n) is 4.76. The van der Waals surface area contributed by atoms with Gasteiger partial charge in [0.25, 0.3) is 5.56 Å². The minimum Gasteiger partial charge on any atom is -0.481 e. The van der Waals surface area contributed by atoms with Gasteiger partial charge in [0.15, 0.2) is 0 Å². The average Bonchev–Trinajstić information content (AvgIpc) is 3.22. The minimum absolute atomic E-state index is 0.00508. The normalized spacial score (nSPS) is 24.0. The van der Waals surface area contributed by atoms with Gasteiger partial charge < -0.3 is 10.0 Å². The Labute approximate surface area is 131 Å². The van der Waals surface area contributed by atoms with Crippen LogP contribution in [0.5, 0.6) is 0 Å². The number of aromatic amines is 1. The molecule has 2 N–H and O–H groups in total. The summed E-state index contributed by atoms with van der Waals surface area (Å²) in [4.78, 5) is 50.5. The first-order valence-corrected chi connectivity index (χ1v) is 7.67. The van der Waals surface area contributed by atoms with Crippen molar-refractivity contribution in [3.63, 3.8) is 0 Å². The van der Waals surface area contributed by atoms with Crippen molar-refractivity contribution in [2.45, 2.75) is 26.3 Å². The number of aliphatic carboxylic acids is 1. The summed E-state index contributed by atoms with van der Waals surface area (Å²) in [6.45, 7) is 1.98. The molecule has 2 aliphatic rings. The van der Waals surface area contributed by atoms with E-state index in [4.69, 9.17) is 0 Å². The second-order valence-electron chi connectivity index (χ2n) is 6.44. The van der Waals surface area contributed by atoms with E-state index in [1.54, 1.807) is 6.92 Å². The zero-order valence-electron chi connectivity index (χ0n) is 12.8. The van der Waals surface area contributed by atoms with Crippen LogP contribution in [0.4, 0.5) is 0 Å².